The number of pyridine rings is 1. The molecule has 33 heavy (non-hydrogen) atoms. The lowest BCUT2D eigenvalue weighted by molar-refractivity contribution is 0.180. The van der Waals surface area contributed by atoms with Gasteiger partial charge in [0.15, 0.2) is 0 Å². The number of urea groups is 1. The molecule has 11 nitrogen and oxygen atoms in total. The number of rotatable bonds is 4. The third kappa shape index (κ3) is 3.32. The smallest absolute Gasteiger partial charge is 0.329 e. The molecule has 5 heterocycles. The minimum atomic E-state index is -0.682. The first kappa shape index (κ1) is 20.4. The van der Waals surface area contributed by atoms with Gasteiger partial charge in [-0.2, -0.15) is 4.98 Å². The number of nitrogens with zero attached hydrogens (tertiary/aromatic N) is 6. The van der Waals surface area contributed by atoms with E-state index in [4.69, 9.17) is 9.72 Å². The van der Waals surface area contributed by atoms with Crippen LogP contribution in [0.3, 0.4) is 0 Å². The van der Waals surface area contributed by atoms with E-state index >= 15 is 0 Å². The van der Waals surface area contributed by atoms with Gasteiger partial charge < -0.3 is 24.3 Å². The van der Waals surface area contributed by atoms with Crippen molar-refractivity contribution in [2.75, 3.05) is 25.5 Å². The molecule has 0 aromatic carbocycles. The summed E-state index contributed by atoms with van der Waals surface area (Å²) in [5.41, 5.74) is 2.63. The summed E-state index contributed by atoms with van der Waals surface area (Å²) in [6.07, 6.45) is 4.82. The van der Waals surface area contributed by atoms with Crippen LogP contribution in [0.5, 0.6) is 6.01 Å². The molecule has 1 aliphatic carbocycles. The number of aliphatic hydroxyl groups is 1. The lowest BCUT2D eigenvalue weighted by atomic mass is 10.0. The molecule has 1 saturated heterocycles. The number of ether oxygens (including phenoxy) is 1. The number of carbonyl (C=O) groups is 1. The van der Waals surface area contributed by atoms with E-state index in [1.54, 1.807) is 13.1 Å². The van der Waals surface area contributed by atoms with E-state index in [1.165, 1.54) is 7.11 Å². The van der Waals surface area contributed by atoms with Gasteiger partial charge in [-0.15, -0.1) is 4.37 Å². The molecule has 2 fully saturated rings. The van der Waals surface area contributed by atoms with Crippen molar-refractivity contribution in [3.8, 4) is 6.01 Å². The first-order valence-corrected chi connectivity index (χ1v) is 11.7. The van der Waals surface area contributed by atoms with Crippen LogP contribution >= 0.6 is 11.5 Å². The van der Waals surface area contributed by atoms with E-state index < -0.39 is 6.10 Å². The maximum absolute atomic E-state index is 12.7. The predicted molar refractivity (Wildman–Crippen MR) is 122 cm³/mol. The highest BCUT2D eigenvalue weighted by molar-refractivity contribution is 7.10. The van der Waals surface area contributed by atoms with Crippen LogP contribution in [-0.2, 0) is 0 Å². The number of hydrogen-bond acceptors (Lipinski definition) is 8. The first-order chi connectivity index (χ1) is 16.0. The van der Waals surface area contributed by atoms with Gasteiger partial charge in [0.05, 0.1) is 18.8 Å². The molecule has 2 aliphatic rings. The fourth-order valence-electron chi connectivity index (χ4n) is 5.43. The SMILES string of the molecule is COc1nsc(NC(=O)N2CC3CC(n4c([C@@H](C)O)nc5cnc6[nH]ccc6c54)C[C@H]3C2)n1. The van der Waals surface area contributed by atoms with Crippen molar-refractivity contribution in [1.29, 1.82) is 0 Å². The van der Waals surface area contributed by atoms with Crippen LogP contribution in [0.15, 0.2) is 18.5 Å². The summed E-state index contributed by atoms with van der Waals surface area (Å²) in [4.78, 5) is 31.1. The number of carbonyl (C=O) groups excluding carboxylic acids is 1. The third-order valence-corrected chi connectivity index (χ3v) is 7.43. The zero-order valence-corrected chi connectivity index (χ0v) is 19.0. The van der Waals surface area contributed by atoms with Crippen molar-refractivity contribution in [2.24, 2.45) is 11.8 Å². The van der Waals surface area contributed by atoms with Crippen LogP contribution in [0.25, 0.3) is 22.1 Å². The number of nitrogens with one attached hydrogen (secondary N) is 2. The number of amides is 2. The van der Waals surface area contributed by atoms with Crippen molar-refractivity contribution >= 4 is 44.8 Å². The number of anilines is 1. The Balaban J connectivity index is 1.23. The van der Waals surface area contributed by atoms with Gasteiger partial charge in [0.1, 0.15) is 23.1 Å². The molecule has 0 bridgehead atoms. The highest BCUT2D eigenvalue weighted by Gasteiger charge is 2.44. The first-order valence-electron chi connectivity index (χ1n) is 11.0. The second-order valence-electron chi connectivity index (χ2n) is 8.81. The monoisotopic (exact) mass is 468 g/mol. The third-order valence-electron chi connectivity index (χ3n) is 6.82. The van der Waals surface area contributed by atoms with E-state index in [-0.39, 0.29) is 18.1 Å². The molecule has 1 saturated carbocycles. The van der Waals surface area contributed by atoms with Gasteiger partial charge in [0.25, 0.3) is 0 Å². The Hall–Kier alpha value is -3.25. The van der Waals surface area contributed by atoms with Crippen LogP contribution in [0.2, 0.25) is 0 Å². The van der Waals surface area contributed by atoms with Gasteiger partial charge >= 0.3 is 12.0 Å². The van der Waals surface area contributed by atoms with Crippen LogP contribution in [-0.4, -0.2) is 65.1 Å². The second kappa shape index (κ2) is 7.66. The van der Waals surface area contributed by atoms with Gasteiger partial charge in [0.2, 0.25) is 5.13 Å². The van der Waals surface area contributed by atoms with Crippen molar-refractivity contribution in [1.82, 2.24) is 33.8 Å². The summed E-state index contributed by atoms with van der Waals surface area (Å²) < 4.78 is 11.2. The zero-order chi connectivity index (χ0) is 22.7. The number of H-pyrrole nitrogens is 1. The minimum absolute atomic E-state index is 0.155. The summed E-state index contributed by atoms with van der Waals surface area (Å²) in [7, 11) is 1.50. The second-order valence-corrected chi connectivity index (χ2v) is 9.57. The Bertz CT molecular complexity index is 1330. The fourth-order valence-corrected chi connectivity index (χ4v) is 5.97. The lowest BCUT2D eigenvalue weighted by Gasteiger charge is -2.22. The molecule has 3 N–H and O–H groups in total. The van der Waals surface area contributed by atoms with Gasteiger partial charge in [-0.25, -0.2) is 14.8 Å². The molecule has 4 aromatic rings. The largest absolute Gasteiger partial charge is 0.466 e. The van der Waals surface area contributed by atoms with Crippen molar-refractivity contribution in [3.63, 3.8) is 0 Å². The molecule has 172 valence electrons. The molecule has 0 radical (unpaired) electrons. The normalized spacial score (nSPS) is 23.4. The number of imidazole rings is 1. The quantitative estimate of drug-likeness (QED) is 0.419. The molecule has 0 spiro atoms. The topological polar surface area (TPSA) is 134 Å². The molecule has 4 aromatic heterocycles. The van der Waals surface area contributed by atoms with E-state index in [1.807, 2.05) is 17.2 Å². The lowest BCUT2D eigenvalue weighted by Crippen LogP contribution is -2.34. The number of likely N-dealkylation sites (tertiary alicyclic amines) is 1. The molecule has 2 amide bonds. The van der Waals surface area contributed by atoms with E-state index in [9.17, 15) is 9.90 Å². The van der Waals surface area contributed by atoms with Crippen LogP contribution < -0.4 is 10.1 Å². The van der Waals surface area contributed by atoms with Crippen molar-refractivity contribution < 1.29 is 14.6 Å². The van der Waals surface area contributed by atoms with Gasteiger partial charge in [-0.05, 0) is 37.7 Å². The summed E-state index contributed by atoms with van der Waals surface area (Å²) >= 11 is 1.10. The Morgan fingerprint density at radius 1 is 1.33 bits per heavy atom. The zero-order valence-electron chi connectivity index (χ0n) is 18.2. The predicted octanol–water partition coefficient (Wildman–Crippen LogP) is 2.94. The number of aromatic nitrogens is 6. The Morgan fingerprint density at radius 3 is 2.82 bits per heavy atom. The summed E-state index contributed by atoms with van der Waals surface area (Å²) in [6.45, 7) is 3.14. The highest BCUT2D eigenvalue weighted by Crippen LogP contribution is 2.46. The minimum Gasteiger partial charge on any atom is -0.466 e. The maximum atomic E-state index is 12.7. The number of aromatic amines is 1. The van der Waals surface area contributed by atoms with E-state index in [0.717, 1.165) is 46.4 Å². The van der Waals surface area contributed by atoms with Crippen LogP contribution in [0.4, 0.5) is 9.93 Å². The molecule has 4 atom stereocenters. The Kier molecular flexibility index (Phi) is 4.73. The maximum Gasteiger partial charge on any atom is 0.329 e. The molecule has 1 aliphatic heterocycles. The number of hydrogen-bond donors (Lipinski definition) is 3. The van der Waals surface area contributed by atoms with Crippen LogP contribution in [0.1, 0.15) is 37.7 Å². The number of methoxy groups -OCH3 is 1. The summed E-state index contributed by atoms with van der Waals surface area (Å²) in [6, 6.07) is 2.33. The standard InChI is InChI=1S/C21H24N8O3S/c1-10(30)18-24-15-7-23-17-14(3-4-22-17)16(15)29(18)13-5-11-8-28(9-12(11)6-13)21(31)26-20-25-19(32-2)27-33-20/h3-4,7,10-13,30H,5-6,8-9H2,1-2H3,(H,22,23)(H,25,26,27,31)/t10-,11+,12?,13?/m1/s1. The van der Waals surface area contributed by atoms with Crippen molar-refractivity contribution in [2.45, 2.75) is 31.9 Å². The fraction of sp³-hybridized carbons (Fsp3) is 0.476. The molecule has 2 unspecified atom stereocenters. The number of fused-ring (bicyclic) bond motifs is 4. The average Bonchev–Trinajstić information content (AvgIpc) is 3.58. The molecular weight excluding hydrogens is 444 g/mol. The Morgan fingerprint density at radius 2 is 2.12 bits per heavy atom. The Labute approximate surface area is 193 Å². The molecule has 12 heteroatoms. The van der Waals surface area contributed by atoms with E-state index in [2.05, 4.69) is 29.2 Å². The molecule has 6 rings (SSSR count). The van der Waals surface area contributed by atoms with Gasteiger partial charge in [0, 0.05) is 42.2 Å². The van der Waals surface area contributed by atoms with Gasteiger partial charge in [-0.3, -0.25) is 5.32 Å². The summed E-state index contributed by atoms with van der Waals surface area (Å²) in [5, 5.41) is 14.7. The van der Waals surface area contributed by atoms with Crippen LogP contribution in [0, 0.1) is 11.8 Å². The van der Waals surface area contributed by atoms with Gasteiger partial charge in [-0.1, -0.05) is 0 Å². The van der Waals surface area contributed by atoms with Crippen molar-refractivity contribution in [3.05, 3.63) is 24.3 Å². The molecular formula is C21H24N8O3S. The highest BCUT2D eigenvalue weighted by atomic mass is 32.1. The average molecular weight is 469 g/mol. The number of aliphatic hydroxyl groups excluding tert-OH is 1. The summed E-state index contributed by atoms with van der Waals surface area (Å²) in [5.74, 6) is 1.46. The van der Waals surface area contributed by atoms with E-state index in [0.29, 0.717) is 35.9 Å².